The largest absolute Gasteiger partial charge is 0.316 e. The Labute approximate surface area is 109 Å². The van der Waals surface area contributed by atoms with Crippen LogP contribution in [0, 0.1) is 12.8 Å². The molecule has 0 radical (unpaired) electrons. The second kappa shape index (κ2) is 5.98. The van der Waals surface area contributed by atoms with E-state index in [4.69, 9.17) is 0 Å². The number of piperidine rings is 1. The molecule has 1 aliphatic rings. The van der Waals surface area contributed by atoms with Gasteiger partial charge in [0, 0.05) is 22.3 Å². The first-order valence-corrected chi connectivity index (χ1v) is 7.45. The zero-order valence-electron chi connectivity index (χ0n) is 11.2. The highest BCUT2D eigenvalue weighted by Gasteiger charge is 2.19. The molecule has 1 aliphatic heterocycles. The normalized spacial score (nSPS) is 22.9. The molecule has 0 amide bonds. The lowest BCUT2D eigenvalue weighted by atomic mass is 9.98. The topological polar surface area (TPSA) is 15.3 Å². The van der Waals surface area contributed by atoms with Crippen LogP contribution in [0.4, 0.5) is 0 Å². The maximum atomic E-state index is 3.50. The van der Waals surface area contributed by atoms with E-state index in [1.165, 1.54) is 42.2 Å². The van der Waals surface area contributed by atoms with Crippen molar-refractivity contribution in [2.45, 2.75) is 32.7 Å². The van der Waals surface area contributed by atoms with Gasteiger partial charge in [-0.25, -0.2) is 0 Å². The van der Waals surface area contributed by atoms with E-state index in [9.17, 15) is 0 Å². The predicted molar refractivity (Wildman–Crippen MR) is 75.7 cm³/mol. The highest BCUT2D eigenvalue weighted by molar-refractivity contribution is 7.12. The van der Waals surface area contributed by atoms with Crippen LogP contribution in [0.1, 0.15) is 35.6 Å². The van der Waals surface area contributed by atoms with Gasteiger partial charge in [0.05, 0.1) is 0 Å². The van der Waals surface area contributed by atoms with Gasteiger partial charge in [-0.2, -0.15) is 0 Å². The van der Waals surface area contributed by atoms with Crippen molar-refractivity contribution in [2.75, 3.05) is 26.7 Å². The molecule has 2 heterocycles. The van der Waals surface area contributed by atoms with Crippen LogP contribution in [0.5, 0.6) is 0 Å². The third-order valence-electron chi connectivity index (χ3n) is 3.78. The summed E-state index contributed by atoms with van der Waals surface area (Å²) in [4.78, 5) is 5.41. The van der Waals surface area contributed by atoms with Crippen molar-refractivity contribution < 1.29 is 0 Å². The molecule has 1 fully saturated rings. The summed E-state index contributed by atoms with van der Waals surface area (Å²) >= 11 is 1.93. The van der Waals surface area contributed by atoms with E-state index in [2.05, 4.69) is 43.2 Å². The zero-order chi connectivity index (χ0) is 12.3. The predicted octanol–water partition coefficient (Wildman–Crippen LogP) is 3.05. The highest BCUT2D eigenvalue weighted by Crippen LogP contribution is 2.27. The number of nitrogens with zero attached hydrogens (tertiary/aromatic N) is 1. The fourth-order valence-corrected chi connectivity index (χ4v) is 3.53. The third kappa shape index (κ3) is 3.54. The van der Waals surface area contributed by atoms with Crippen molar-refractivity contribution in [3.05, 3.63) is 21.9 Å². The van der Waals surface area contributed by atoms with Gasteiger partial charge in [0.15, 0.2) is 0 Å². The van der Waals surface area contributed by atoms with Gasteiger partial charge in [0.1, 0.15) is 0 Å². The molecule has 3 heteroatoms. The second-order valence-electron chi connectivity index (χ2n) is 5.28. The standard InChI is InChI=1S/C14H24N2S/c1-11-6-7-14(17-11)12(2)16(3)10-13-5-4-8-15-9-13/h6-7,12-13,15H,4-5,8-10H2,1-3H3. The Balaban J connectivity index is 1.88. The van der Waals surface area contributed by atoms with E-state index in [0.29, 0.717) is 6.04 Å². The van der Waals surface area contributed by atoms with Crippen molar-refractivity contribution in [2.24, 2.45) is 5.92 Å². The smallest absolute Gasteiger partial charge is 0.0410 e. The van der Waals surface area contributed by atoms with E-state index < -0.39 is 0 Å². The van der Waals surface area contributed by atoms with E-state index in [-0.39, 0.29) is 0 Å². The fourth-order valence-electron chi connectivity index (χ4n) is 2.54. The summed E-state index contributed by atoms with van der Waals surface area (Å²) in [5.74, 6) is 0.831. The van der Waals surface area contributed by atoms with Crippen LogP contribution in [0.25, 0.3) is 0 Å². The Morgan fingerprint density at radius 3 is 2.94 bits per heavy atom. The van der Waals surface area contributed by atoms with Gasteiger partial charge in [0.25, 0.3) is 0 Å². The van der Waals surface area contributed by atoms with Crippen LogP contribution < -0.4 is 5.32 Å². The van der Waals surface area contributed by atoms with Crippen molar-refractivity contribution in [1.82, 2.24) is 10.2 Å². The zero-order valence-corrected chi connectivity index (χ0v) is 12.0. The summed E-state index contributed by atoms with van der Waals surface area (Å²) in [5.41, 5.74) is 0. The minimum atomic E-state index is 0.552. The van der Waals surface area contributed by atoms with E-state index in [1.807, 2.05) is 11.3 Å². The molecule has 1 saturated heterocycles. The van der Waals surface area contributed by atoms with Crippen LogP contribution in [-0.2, 0) is 0 Å². The van der Waals surface area contributed by atoms with Crippen LogP contribution in [-0.4, -0.2) is 31.6 Å². The average molecular weight is 252 g/mol. The summed E-state index contributed by atoms with van der Waals surface area (Å²) in [6.07, 6.45) is 2.72. The van der Waals surface area contributed by atoms with Crippen molar-refractivity contribution >= 4 is 11.3 Å². The molecule has 2 unspecified atom stereocenters. The maximum Gasteiger partial charge on any atom is 0.0410 e. The van der Waals surface area contributed by atoms with Gasteiger partial charge in [-0.3, -0.25) is 4.90 Å². The number of nitrogens with one attached hydrogen (secondary N) is 1. The first-order valence-electron chi connectivity index (χ1n) is 6.64. The molecule has 0 bridgehead atoms. The lowest BCUT2D eigenvalue weighted by Gasteiger charge is -2.31. The Morgan fingerprint density at radius 2 is 2.35 bits per heavy atom. The first-order chi connectivity index (χ1) is 8.16. The highest BCUT2D eigenvalue weighted by atomic mass is 32.1. The fraction of sp³-hybridized carbons (Fsp3) is 0.714. The SMILES string of the molecule is Cc1ccc(C(C)N(C)CC2CCCNC2)s1. The summed E-state index contributed by atoms with van der Waals surface area (Å²) in [5, 5.41) is 3.50. The lowest BCUT2D eigenvalue weighted by Crippen LogP contribution is -2.37. The molecule has 0 aliphatic carbocycles. The molecule has 1 N–H and O–H groups in total. The Bertz CT molecular complexity index is 342. The van der Waals surface area contributed by atoms with Gasteiger partial charge in [-0.1, -0.05) is 0 Å². The van der Waals surface area contributed by atoms with Crippen LogP contribution >= 0.6 is 11.3 Å². The Hall–Kier alpha value is -0.380. The quantitative estimate of drug-likeness (QED) is 0.886. The molecule has 2 atom stereocenters. The monoisotopic (exact) mass is 252 g/mol. The third-order valence-corrected chi connectivity index (χ3v) is 4.95. The molecule has 1 aromatic heterocycles. The van der Waals surface area contributed by atoms with Gasteiger partial charge in [-0.15, -0.1) is 11.3 Å². The second-order valence-corrected chi connectivity index (χ2v) is 6.60. The number of hydrogen-bond donors (Lipinski definition) is 1. The number of aryl methyl sites for hydroxylation is 1. The first kappa shape index (κ1) is 13.1. The summed E-state index contributed by atoms with van der Waals surface area (Å²) in [6, 6.07) is 5.06. The van der Waals surface area contributed by atoms with Crippen molar-refractivity contribution in [1.29, 1.82) is 0 Å². The average Bonchev–Trinajstić information content (AvgIpc) is 2.76. The molecule has 0 aromatic carbocycles. The van der Waals surface area contributed by atoms with Crippen molar-refractivity contribution in [3.63, 3.8) is 0 Å². The molecule has 17 heavy (non-hydrogen) atoms. The summed E-state index contributed by atoms with van der Waals surface area (Å²) in [6.45, 7) is 8.12. The molecular weight excluding hydrogens is 228 g/mol. The summed E-state index contributed by atoms with van der Waals surface area (Å²) < 4.78 is 0. The van der Waals surface area contributed by atoms with Gasteiger partial charge in [-0.05, 0) is 64.9 Å². The number of hydrogen-bond acceptors (Lipinski definition) is 3. The molecule has 2 rings (SSSR count). The van der Waals surface area contributed by atoms with E-state index in [0.717, 1.165) is 5.92 Å². The maximum absolute atomic E-state index is 3.50. The molecule has 1 aromatic rings. The molecular formula is C14H24N2S. The van der Waals surface area contributed by atoms with E-state index >= 15 is 0 Å². The molecule has 0 saturated carbocycles. The van der Waals surface area contributed by atoms with Crippen LogP contribution in [0.15, 0.2) is 12.1 Å². The Morgan fingerprint density at radius 1 is 1.53 bits per heavy atom. The number of rotatable bonds is 4. The molecule has 2 nitrogen and oxygen atoms in total. The Kier molecular flexibility index (Phi) is 4.60. The van der Waals surface area contributed by atoms with Crippen LogP contribution in [0.3, 0.4) is 0 Å². The number of thiophene rings is 1. The van der Waals surface area contributed by atoms with E-state index in [1.54, 1.807) is 0 Å². The molecule has 96 valence electrons. The van der Waals surface area contributed by atoms with Crippen LogP contribution in [0.2, 0.25) is 0 Å². The summed E-state index contributed by atoms with van der Waals surface area (Å²) in [7, 11) is 2.26. The lowest BCUT2D eigenvalue weighted by molar-refractivity contribution is 0.201. The minimum absolute atomic E-state index is 0.552. The molecule has 0 spiro atoms. The van der Waals surface area contributed by atoms with Crippen molar-refractivity contribution in [3.8, 4) is 0 Å². The van der Waals surface area contributed by atoms with Gasteiger partial charge < -0.3 is 5.32 Å². The van der Waals surface area contributed by atoms with Gasteiger partial charge >= 0.3 is 0 Å². The van der Waals surface area contributed by atoms with Gasteiger partial charge in [0.2, 0.25) is 0 Å². The minimum Gasteiger partial charge on any atom is -0.316 e.